The second kappa shape index (κ2) is 5.53. The van der Waals surface area contributed by atoms with Crippen molar-refractivity contribution < 1.29 is 4.39 Å². The molecule has 1 aromatic heterocycles. The van der Waals surface area contributed by atoms with Crippen LogP contribution in [0.1, 0.15) is 30.5 Å². The highest BCUT2D eigenvalue weighted by Crippen LogP contribution is 2.53. The Bertz CT molecular complexity index is 839. The molecule has 2 heterocycles. The van der Waals surface area contributed by atoms with Gasteiger partial charge in [-0.1, -0.05) is 23.2 Å². The molecule has 2 aromatic rings. The number of hydrogen-bond acceptors (Lipinski definition) is 4. The van der Waals surface area contributed by atoms with Crippen molar-refractivity contribution in [2.45, 2.75) is 31.2 Å². The van der Waals surface area contributed by atoms with Crippen LogP contribution in [0, 0.1) is 5.82 Å². The van der Waals surface area contributed by atoms with E-state index in [0.717, 1.165) is 30.7 Å². The Morgan fingerprint density at radius 3 is 2.92 bits per heavy atom. The van der Waals surface area contributed by atoms with Crippen LogP contribution in [0.5, 0.6) is 0 Å². The average Bonchev–Trinajstić information content (AvgIpc) is 3.09. The third-order valence-corrected chi connectivity index (χ3v) is 5.25. The number of anilines is 1. The number of aromatic nitrogens is 3. The van der Waals surface area contributed by atoms with E-state index < -0.39 is 5.82 Å². The van der Waals surface area contributed by atoms with E-state index in [1.807, 2.05) is 13.1 Å². The number of nitrogens with zero attached hydrogens (tertiary/aromatic N) is 4. The van der Waals surface area contributed by atoms with E-state index in [-0.39, 0.29) is 11.1 Å². The maximum atomic E-state index is 15.2. The maximum absolute atomic E-state index is 15.2. The van der Waals surface area contributed by atoms with E-state index in [4.69, 9.17) is 11.6 Å². The molecule has 0 atom stereocenters. The number of rotatable bonds is 3. The Balaban J connectivity index is 1.85. The fourth-order valence-electron chi connectivity index (χ4n) is 3.66. The van der Waals surface area contributed by atoms with Crippen LogP contribution in [0.15, 0.2) is 17.3 Å². The number of fused-ring (bicyclic) bond motifs is 2. The molecule has 126 valence electrons. The molecular formula is C16H18ClFN6. The number of halogens is 2. The van der Waals surface area contributed by atoms with Crippen LogP contribution in [0.4, 0.5) is 10.1 Å². The first-order valence-corrected chi connectivity index (χ1v) is 8.31. The van der Waals surface area contributed by atoms with Gasteiger partial charge in [-0.3, -0.25) is 4.99 Å². The quantitative estimate of drug-likeness (QED) is 0.895. The van der Waals surface area contributed by atoms with Gasteiger partial charge in [-0.25, -0.2) is 9.07 Å². The van der Waals surface area contributed by atoms with Crippen LogP contribution in [0.2, 0.25) is 5.02 Å². The summed E-state index contributed by atoms with van der Waals surface area (Å²) in [7, 11) is 3.55. The molecule has 8 heteroatoms. The first-order chi connectivity index (χ1) is 11.6. The van der Waals surface area contributed by atoms with Crippen LogP contribution < -0.4 is 10.6 Å². The van der Waals surface area contributed by atoms with Gasteiger partial charge >= 0.3 is 0 Å². The zero-order chi connectivity index (χ0) is 16.9. The van der Waals surface area contributed by atoms with Gasteiger partial charge in [0.05, 0.1) is 28.0 Å². The maximum Gasteiger partial charge on any atom is 0.174 e. The van der Waals surface area contributed by atoms with Crippen LogP contribution in [0.3, 0.4) is 0 Å². The van der Waals surface area contributed by atoms with Gasteiger partial charge in [-0.2, -0.15) is 0 Å². The van der Waals surface area contributed by atoms with Gasteiger partial charge in [-0.15, -0.1) is 5.10 Å². The molecule has 6 nitrogen and oxygen atoms in total. The van der Waals surface area contributed by atoms with Crippen LogP contribution in [-0.4, -0.2) is 34.9 Å². The average molecular weight is 349 g/mol. The van der Waals surface area contributed by atoms with Crippen molar-refractivity contribution in [1.29, 1.82) is 0 Å². The molecule has 0 radical (unpaired) electrons. The molecule has 0 unspecified atom stereocenters. The van der Waals surface area contributed by atoms with E-state index in [9.17, 15) is 0 Å². The molecule has 0 amide bonds. The summed E-state index contributed by atoms with van der Waals surface area (Å²) in [6.07, 6.45) is 4.71. The molecular weight excluding hydrogens is 331 g/mol. The van der Waals surface area contributed by atoms with Gasteiger partial charge in [-0.05, 0) is 31.5 Å². The van der Waals surface area contributed by atoms with E-state index in [1.165, 1.54) is 4.68 Å². The summed E-state index contributed by atoms with van der Waals surface area (Å²) in [6, 6.07) is 1.85. The Morgan fingerprint density at radius 2 is 2.29 bits per heavy atom. The Morgan fingerprint density at radius 1 is 1.50 bits per heavy atom. The van der Waals surface area contributed by atoms with Crippen molar-refractivity contribution in [2.75, 3.05) is 19.4 Å². The largest absolute Gasteiger partial charge is 0.341 e. The minimum absolute atomic E-state index is 0.202. The fraction of sp³-hybridized carbons (Fsp3) is 0.438. The summed E-state index contributed by atoms with van der Waals surface area (Å²) >= 11 is 6.42. The Hall–Kier alpha value is -1.99. The number of hydrogen-bond donors (Lipinski definition) is 2. The first kappa shape index (κ1) is 15.5. The molecule has 2 aliphatic rings. The highest BCUT2D eigenvalue weighted by Gasteiger charge is 2.50. The van der Waals surface area contributed by atoms with Crippen LogP contribution in [0.25, 0.3) is 5.69 Å². The summed E-state index contributed by atoms with van der Waals surface area (Å²) in [4.78, 5) is 4.33. The highest BCUT2D eigenvalue weighted by atomic mass is 35.5. The van der Waals surface area contributed by atoms with Gasteiger partial charge < -0.3 is 10.6 Å². The summed E-state index contributed by atoms with van der Waals surface area (Å²) in [5, 5.41) is 14.5. The van der Waals surface area contributed by atoms with Crippen LogP contribution in [-0.2, 0) is 12.0 Å². The molecule has 1 saturated carbocycles. The molecule has 4 rings (SSSR count). The lowest BCUT2D eigenvalue weighted by molar-refractivity contribution is 0.346. The molecule has 1 aromatic carbocycles. The summed E-state index contributed by atoms with van der Waals surface area (Å²) in [5.41, 5.74) is 2.08. The standard InChI is InChI=1S/C16H18ClFN6/c1-19-7-9-8-24(23-22-9)14-11(17)6-10-13(12(14)18)21-15(20-2)16(10)4-3-5-16/h6,8,19H,3-5,7H2,1-2H3,(H,20,21). The van der Waals surface area contributed by atoms with E-state index >= 15 is 4.39 Å². The molecule has 2 N–H and O–H groups in total. The molecule has 1 aliphatic carbocycles. The lowest BCUT2D eigenvalue weighted by Gasteiger charge is -2.38. The van der Waals surface area contributed by atoms with Crippen LogP contribution >= 0.6 is 11.6 Å². The van der Waals surface area contributed by atoms with E-state index in [1.54, 1.807) is 13.2 Å². The van der Waals surface area contributed by atoms with Crippen molar-refractivity contribution in [3.05, 3.63) is 34.4 Å². The van der Waals surface area contributed by atoms with Crippen molar-refractivity contribution in [3.63, 3.8) is 0 Å². The smallest absolute Gasteiger partial charge is 0.174 e. The molecule has 24 heavy (non-hydrogen) atoms. The summed E-state index contributed by atoms with van der Waals surface area (Å²) in [5.74, 6) is 0.411. The van der Waals surface area contributed by atoms with Crippen molar-refractivity contribution >= 4 is 23.1 Å². The fourth-order valence-corrected chi connectivity index (χ4v) is 3.94. The number of aliphatic imine (C=N–C) groups is 1. The van der Waals surface area contributed by atoms with Gasteiger partial charge in [0, 0.05) is 13.6 Å². The normalized spacial score (nSPS) is 19.4. The first-order valence-electron chi connectivity index (χ1n) is 7.93. The topological polar surface area (TPSA) is 67.1 Å². The number of benzene rings is 1. The predicted molar refractivity (Wildman–Crippen MR) is 91.6 cm³/mol. The second-order valence-corrected chi connectivity index (χ2v) is 6.67. The molecule has 0 saturated heterocycles. The van der Waals surface area contributed by atoms with Gasteiger partial charge in [0.1, 0.15) is 11.5 Å². The summed E-state index contributed by atoms with van der Waals surface area (Å²) in [6.45, 7) is 0.554. The van der Waals surface area contributed by atoms with Gasteiger partial charge in [0.25, 0.3) is 0 Å². The third-order valence-electron chi connectivity index (χ3n) is 4.96. The molecule has 1 spiro atoms. The lowest BCUT2D eigenvalue weighted by Crippen LogP contribution is -2.41. The second-order valence-electron chi connectivity index (χ2n) is 6.26. The highest BCUT2D eigenvalue weighted by molar-refractivity contribution is 6.33. The van der Waals surface area contributed by atoms with E-state index in [0.29, 0.717) is 22.9 Å². The monoisotopic (exact) mass is 348 g/mol. The minimum Gasteiger partial charge on any atom is -0.341 e. The Kier molecular flexibility index (Phi) is 3.58. The van der Waals surface area contributed by atoms with Gasteiger partial charge in [0.15, 0.2) is 5.82 Å². The number of amidine groups is 1. The molecule has 0 bridgehead atoms. The van der Waals surface area contributed by atoms with Crippen molar-refractivity contribution in [1.82, 2.24) is 20.3 Å². The number of nitrogens with one attached hydrogen (secondary N) is 2. The minimum atomic E-state index is -0.414. The Labute approximate surface area is 144 Å². The lowest BCUT2D eigenvalue weighted by atomic mass is 9.65. The predicted octanol–water partition coefficient (Wildman–Crippen LogP) is 2.65. The van der Waals surface area contributed by atoms with Gasteiger partial charge in [0.2, 0.25) is 0 Å². The molecule has 1 fully saturated rings. The summed E-state index contributed by atoms with van der Waals surface area (Å²) < 4.78 is 16.6. The zero-order valence-corrected chi connectivity index (χ0v) is 14.3. The van der Waals surface area contributed by atoms with E-state index in [2.05, 4.69) is 25.9 Å². The zero-order valence-electron chi connectivity index (χ0n) is 13.5. The molecule has 1 aliphatic heterocycles. The van der Waals surface area contributed by atoms with Crippen molar-refractivity contribution in [3.8, 4) is 5.69 Å². The third kappa shape index (κ3) is 2.01. The van der Waals surface area contributed by atoms with Crippen molar-refractivity contribution in [2.24, 2.45) is 4.99 Å². The SMILES string of the molecule is CN=C1Nc2c(cc(Cl)c(-n3cc(CNC)nn3)c2F)C12CCC2.